The number of pyridine rings is 1. The third-order valence-electron chi connectivity index (χ3n) is 6.93. The van der Waals surface area contributed by atoms with Crippen LogP contribution in [0.4, 0.5) is 0 Å². The molecule has 5 rings (SSSR count). The molecule has 4 heterocycles. The summed E-state index contributed by atoms with van der Waals surface area (Å²) in [5.74, 6) is 0.287. The molecule has 2 aromatic rings. The Kier molecular flexibility index (Phi) is 5.06. The Morgan fingerprint density at radius 2 is 2.12 bits per heavy atom. The van der Waals surface area contributed by atoms with Crippen LogP contribution in [0.2, 0.25) is 0 Å². The largest absolute Gasteiger partial charge is 0.338 e. The van der Waals surface area contributed by atoms with Gasteiger partial charge >= 0.3 is 0 Å². The molecule has 8 nitrogen and oxygen atoms in total. The van der Waals surface area contributed by atoms with Gasteiger partial charge in [-0.15, -0.1) is 0 Å². The van der Waals surface area contributed by atoms with Crippen LogP contribution in [0.1, 0.15) is 35.2 Å². The highest BCUT2D eigenvalue weighted by Crippen LogP contribution is 2.39. The summed E-state index contributed by atoms with van der Waals surface area (Å²) in [4.78, 5) is 34.6. The van der Waals surface area contributed by atoms with Crippen molar-refractivity contribution in [3.8, 4) is 11.9 Å². The molecule has 2 unspecified atom stereocenters. The first-order valence-electron chi connectivity index (χ1n) is 11.0. The Morgan fingerprint density at radius 3 is 2.78 bits per heavy atom. The molecule has 2 aromatic heterocycles. The van der Waals surface area contributed by atoms with Gasteiger partial charge < -0.3 is 9.80 Å². The molecule has 0 aromatic carbocycles. The van der Waals surface area contributed by atoms with E-state index >= 15 is 0 Å². The summed E-state index contributed by atoms with van der Waals surface area (Å²) in [5, 5.41) is 12.0. The maximum absolute atomic E-state index is 13.0. The van der Waals surface area contributed by atoms with E-state index in [4.69, 9.17) is 5.26 Å². The zero-order valence-corrected chi connectivity index (χ0v) is 18.1. The van der Waals surface area contributed by atoms with Gasteiger partial charge in [0.15, 0.2) is 5.82 Å². The van der Waals surface area contributed by atoms with E-state index in [1.807, 2.05) is 23.1 Å². The molecule has 8 heteroatoms. The van der Waals surface area contributed by atoms with Gasteiger partial charge in [0.1, 0.15) is 0 Å². The van der Waals surface area contributed by atoms with Crippen molar-refractivity contribution >= 4 is 11.5 Å². The topological polar surface area (TPSA) is 98.0 Å². The third-order valence-corrected chi connectivity index (χ3v) is 6.93. The highest BCUT2D eigenvalue weighted by Gasteiger charge is 2.43. The number of likely N-dealkylation sites (tertiary alicyclic amines) is 2. The van der Waals surface area contributed by atoms with Crippen molar-refractivity contribution in [2.45, 2.75) is 19.3 Å². The number of hydrogen-bond acceptors (Lipinski definition) is 5. The molecule has 32 heavy (non-hydrogen) atoms. The van der Waals surface area contributed by atoms with Crippen LogP contribution in [-0.4, -0.2) is 63.7 Å². The number of nitrogens with one attached hydrogen (secondary N) is 1. The minimum atomic E-state index is -0.213. The number of rotatable bonds is 3. The van der Waals surface area contributed by atoms with E-state index in [1.54, 1.807) is 24.5 Å². The number of nitriles is 1. The summed E-state index contributed by atoms with van der Waals surface area (Å²) in [7, 11) is 2.14. The van der Waals surface area contributed by atoms with Gasteiger partial charge in [0.25, 0.3) is 11.5 Å². The smallest absolute Gasteiger partial charge is 0.280 e. The lowest BCUT2D eigenvalue weighted by atomic mass is 9.86. The quantitative estimate of drug-likeness (QED) is 0.805. The molecule has 164 valence electrons. The van der Waals surface area contributed by atoms with Crippen LogP contribution in [0.25, 0.3) is 11.4 Å². The molecular weight excluding hydrogens is 404 g/mol. The van der Waals surface area contributed by atoms with Gasteiger partial charge in [-0.2, -0.15) is 5.26 Å². The van der Waals surface area contributed by atoms with Crippen LogP contribution in [0.3, 0.4) is 0 Å². The van der Waals surface area contributed by atoms with E-state index < -0.39 is 0 Å². The van der Waals surface area contributed by atoms with Crippen molar-refractivity contribution in [1.82, 2.24) is 24.6 Å². The van der Waals surface area contributed by atoms with E-state index in [0.29, 0.717) is 23.4 Å². The molecule has 0 radical (unpaired) electrons. The summed E-state index contributed by atoms with van der Waals surface area (Å²) >= 11 is 0. The van der Waals surface area contributed by atoms with Crippen LogP contribution < -0.4 is 5.56 Å². The fraction of sp³-hybridized carbons (Fsp3) is 0.417. The van der Waals surface area contributed by atoms with Gasteiger partial charge in [-0.25, -0.2) is 9.67 Å². The van der Waals surface area contributed by atoms with E-state index in [9.17, 15) is 9.59 Å². The minimum Gasteiger partial charge on any atom is -0.338 e. The zero-order chi connectivity index (χ0) is 22.3. The zero-order valence-electron chi connectivity index (χ0n) is 18.1. The van der Waals surface area contributed by atoms with Gasteiger partial charge in [-0.3, -0.25) is 14.7 Å². The maximum atomic E-state index is 13.0. The van der Waals surface area contributed by atoms with Gasteiger partial charge in [0.2, 0.25) is 0 Å². The highest BCUT2D eigenvalue weighted by molar-refractivity contribution is 5.94. The Balaban J connectivity index is 1.31. The van der Waals surface area contributed by atoms with Crippen LogP contribution in [0.5, 0.6) is 0 Å². The average molecular weight is 431 g/mol. The van der Waals surface area contributed by atoms with Gasteiger partial charge in [0, 0.05) is 37.4 Å². The molecule has 2 saturated heterocycles. The second kappa shape index (κ2) is 7.92. The molecule has 2 atom stereocenters. The number of aromatic nitrogens is 3. The minimum absolute atomic E-state index is 0.000421. The molecule has 2 aliphatic heterocycles. The van der Waals surface area contributed by atoms with E-state index in [0.717, 1.165) is 44.6 Å². The van der Waals surface area contributed by atoms with Crippen molar-refractivity contribution < 1.29 is 4.79 Å². The van der Waals surface area contributed by atoms with Crippen LogP contribution in [-0.2, 0) is 0 Å². The number of aromatic amines is 1. The number of allylic oxidation sites excluding steroid dienone is 4. The Morgan fingerprint density at radius 1 is 1.28 bits per heavy atom. The molecule has 1 spiro atoms. The molecule has 1 N–H and O–H groups in total. The molecule has 3 aliphatic rings. The molecule has 0 bridgehead atoms. The van der Waals surface area contributed by atoms with Crippen LogP contribution in [0.15, 0.2) is 47.5 Å². The molecule has 1 aliphatic carbocycles. The number of amides is 1. The van der Waals surface area contributed by atoms with Crippen molar-refractivity contribution in [2.24, 2.45) is 11.3 Å². The van der Waals surface area contributed by atoms with Crippen molar-refractivity contribution in [3.63, 3.8) is 0 Å². The van der Waals surface area contributed by atoms with Crippen molar-refractivity contribution in [1.29, 1.82) is 5.26 Å². The van der Waals surface area contributed by atoms with Gasteiger partial charge in [0.05, 0.1) is 23.1 Å². The van der Waals surface area contributed by atoms with Crippen molar-refractivity contribution in [3.05, 3.63) is 64.2 Å². The molecule has 0 saturated carbocycles. The highest BCUT2D eigenvalue weighted by atomic mass is 16.2. The van der Waals surface area contributed by atoms with E-state index in [1.165, 1.54) is 4.68 Å². The van der Waals surface area contributed by atoms with Crippen LogP contribution in [0, 0.1) is 22.7 Å². The maximum Gasteiger partial charge on any atom is 0.280 e. The monoisotopic (exact) mass is 430 g/mol. The summed E-state index contributed by atoms with van der Waals surface area (Å²) in [5.41, 5.74) is 1.89. The van der Waals surface area contributed by atoms with Gasteiger partial charge in [-0.1, -0.05) is 18.2 Å². The lowest BCUT2D eigenvalue weighted by molar-refractivity contribution is 0.0773. The first-order valence-corrected chi connectivity index (χ1v) is 11.0. The predicted octanol–water partition coefficient (Wildman–Crippen LogP) is 2.21. The normalized spacial score (nSPS) is 25.3. The summed E-state index contributed by atoms with van der Waals surface area (Å²) in [6, 6.07) is 5.64. The lowest BCUT2D eigenvalue weighted by Crippen LogP contribution is -2.33. The Hall–Kier alpha value is -3.44. The second-order valence-corrected chi connectivity index (χ2v) is 9.19. The number of hydrogen-bond donors (Lipinski definition) is 1. The fourth-order valence-corrected chi connectivity index (χ4v) is 5.09. The average Bonchev–Trinajstić information content (AvgIpc) is 3.52. The predicted molar refractivity (Wildman–Crippen MR) is 120 cm³/mol. The van der Waals surface area contributed by atoms with Crippen molar-refractivity contribution in [2.75, 3.05) is 33.2 Å². The molecule has 2 fully saturated rings. The van der Waals surface area contributed by atoms with E-state index in [-0.39, 0.29) is 22.8 Å². The van der Waals surface area contributed by atoms with E-state index in [2.05, 4.69) is 28.1 Å². The standard InChI is InChI=1S/C24H26N6O2/c1-28-10-8-24(15-28)9-11-29(16-24)22(31)19-6-7-21(26-13-19)30-23(32)20(14-27-30)18-4-2-17(12-25)3-5-18/h2,4-7,13-14,17,27H,3,8-11,15-16H2,1H3. The first kappa shape index (κ1) is 20.5. The lowest BCUT2D eigenvalue weighted by Gasteiger charge is -2.23. The third kappa shape index (κ3) is 3.59. The van der Waals surface area contributed by atoms with Crippen LogP contribution >= 0.6 is 0 Å². The SMILES string of the molecule is CN1CCC2(CCN(C(=O)c3ccc(-n4[nH]cc(C5=CCC(C#N)C=C5)c4=O)nc3)C2)C1. The second-order valence-electron chi connectivity index (χ2n) is 9.19. The molecule has 1 amide bonds. The number of nitrogens with zero attached hydrogens (tertiary/aromatic N) is 5. The number of carbonyl (C=O) groups is 1. The Labute approximate surface area is 186 Å². The first-order chi connectivity index (χ1) is 15.5. The summed E-state index contributed by atoms with van der Waals surface area (Å²) < 4.78 is 1.37. The summed E-state index contributed by atoms with van der Waals surface area (Å²) in [6.07, 6.45) is 11.5. The summed E-state index contributed by atoms with van der Waals surface area (Å²) in [6.45, 7) is 3.72. The van der Waals surface area contributed by atoms with Gasteiger partial charge in [-0.05, 0) is 50.6 Å². The molecular formula is C24H26N6O2. The number of H-pyrrole nitrogens is 1. The fourth-order valence-electron chi connectivity index (χ4n) is 5.09. The Bertz CT molecular complexity index is 1200. The number of carbonyl (C=O) groups excluding carboxylic acids is 1.